The number of methoxy groups -OCH3 is 2. The van der Waals surface area contributed by atoms with E-state index in [-0.39, 0.29) is 0 Å². The molecule has 2 heterocycles. The van der Waals surface area contributed by atoms with E-state index in [9.17, 15) is 0 Å². The molecule has 0 unspecified atom stereocenters. The van der Waals surface area contributed by atoms with Crippen LogP contribution in [0.15, 0.2) is 47.6 Å². The number of nitrogens with one attached hydrogen (secondary N) is 1. The van der Waals surface area contributed by atoms with Gasteiger partial charge in [-0.2, -0.15) is 4.98 Å². The van der Waals surface area contributed by atoms with Gasteiger partial charge in [-0.1, -0.05) is 43.0 Å². The zero-order valence-corrected chi connectivity index (χ0v) is 16.6. The van der Waals surface area contributed by atoms with Crippen molar-refractivity contribution in [2.24, 2.45) is 0 Å². The molecule has 8 heteroatoms. The fourth-order valence-electron chi connectivity index (χ4n) is 3.10. The third kappa shape index (κ3) is 3.31. The average molecular weight is 396 g/mol. The summed E-state index contributed by atoms with van der Waals surface area (Å²) in [6.07, 6.45) is -0.538. The fraction of sp³-hybridized carbons (Fsp3) is 0.250. The molecule has 28 heavy (non-hydrogen) atoms. The molecule has 1 aliphatic rings. The quantitative estimate of drug-likeness (QED) is 0.644. The lowest BCUT2D eigenvalue weighted by atomic mass is 10.1. The molecule has 3 aromatic rings. The van der Waals surface area contributed by atoms with Crippen molar-refractivity contribution in [1.29, 1.82) is 0 Å². The lowest BCUT2D eigenvalue weighted by Gasteiger charge is -2.22. The Hall–Kier alpha value is -3.00. The third-order valence-corrected chi connectivity index (χ3v) is 5.04. The van der Waals surface area contributed by atoms with Crippen LogP contribution in [0.3, 0.4) is 0 Å². The number of hydrogen-bond acceptors (Lipinski definition) is 8. The number of nitrogens with zero attached hydrogens (tertiary/aromatic N) is 3. The maximum Gasteiger partial charge on any atom is 0.247 e. The van der Waals surface area contributed by atoms with Gasteiger partial charge in [0.15, 0.2) is 17.2 Å². The zero-order chi connectivity index (χ0) is 19.5. The van der Waals surface area contributed by atoms with Gasteiger partial charge in [0.05, 0.1) is 19.8 Å². The van der Waals surface area contributed by atoms with Gasteiger partial charge in [0, 0.05) is 11.3 Å². The maximum atomic E-state index is 6.28. The Bertz CT molecular complexity index is 999. The van der Waals surface area contributed by atoms with E-state index in [4.69, 9.17) is 14.2 Å². The second kappa shape index (κ2) is 7.93. The van der Waals surface area contributed by atoms with Crippen LogP contribution in [0.25, 0.3) is 11.3 Å². The van der Waals surface area contributed by atoms with Crippen molar-refractivity contribution in [3.63, 3.8) is 0 Å². The molecule has 0 spiro atoms. The predicted molar refractivity (Wildman–Crippen MR) is 108 cm³/mol. The molecule has 144 valence electrons. The van der Waals surface area contributed by atoms with Crippen molar-refractivity contribution >= 4 is 17.4 Å². The van der Waals surface area contributed by atoms with Gasteiger partial charge in [-0.15, -0.1) is 10.2 Å². The van der Waals surface area contributed by atoms with Crippen LogP contribution in [-0.4, -0.2) is 35.2 Å². The molecule has 1 atom stereocenters. The van der Waals surface area contributed by atoms with Crippen molar-refractivity contribution in [3.05, 3.63) is 48.0 Å². The topological polar surface area (TPSA) is 78.4 Å². The summed E-state index contributed by atoms with van der Waals surface area (Å²) in [6, 6.07) is 13.5. The summed E-state index contributed by atoms with van der Waals surface area (Å²) in [4.78, 5) is 4.59. The molecule has 1 aliphatic heterocycles. The minimum atomic E-state index is -0.538. The Labute approximate surface area is 167 Å². The average Bonchev–Trinajstić information content (AvgIpc) is 2.89. The van der Waals surface area contributed by atoms with Crippen molar-refractivity contribution in [2.75, 3.05) is 25.3 Å². The molecule has 2 aromatic carbocycles. The molecule has 0 bridgehead atoms. The monoisotopic (exact) mass is 396 g/mol. The highest BCUT2D eigenvalue weighted by Gasteiger charge is 2.28. The van der Waals surface area contributed by atoms with E-state index in [1.54, 1.807) is 14.2 Å². The highest BCUT2D eigenvalue weighted by molar-refractivity contribution is 7.99. The van der Waals surface area contributed by atoms with E-state index >= 15 is 0 Å². The fourth-order valence-corrected chi connectivity index (χ4v) is 3.60. The lowest BCUT2D eigenvalue weighted by Crippen LogP contribution is -2.18. The molecule has 7 nitrogen and oxygen atoms in total. The Balaban J connectivity index is 1.86. The van der Waals surface area contributed by atoms with E-state index in [2.05, 4.69) is 20.5 Å². The Morgan fingerprint density at radius 2 is 1.93 bits per heavy atom. The van der Waals surface area contributed by atoms with Crippen molar-refractivity contribution in [2.45, 2.75) is 18.3 Å². The summed E-state index contributed by atoms with van der Waals surface area (Å²) in [7, 11) is 3.22. The highest BCUT2D eigenvalue weighted by atomic mass is 32.2. The molecule has 0 aliphatic carbocycles. The van der Waals surface area contributed by atoms with E-state index < -0.39 is 6.23 Å². The van der Waals surface area contributed by atoms with Crippen LogP contribution < -0.4 is 19.5 Å². The van der Waals surface area contributed by atoms with Crippen LogP contribution in [-0.2, 0) is 0 Å². The number of aromatic nitrogens is 3. The summed E-state index contributed by atoms with van der Waals surface area (Å²) in [5.41, 5.74) is 3.17. The second-order valence-electron chi connectivity index (χ2n) is 5.95. The van der Waals surface area contributed by atoms with Crippen LogP contribution in [0.2, 0.25) is 0 Å². The van der Waals surface area contributed by atoms with Crippen LogP contribution in [0, 0.1) is 0 Å². The molecule has 0 saturated heterocycles. The first-order chi connectivity index (χ1) is 13.7. The van der Waals surface area contributed by atoms with Gasteiger partial charge >= 0.3 is 0 Å². The van der Waals surface area contributed by atoms with Gasteiger partial charge in [-0.05, 0) is 24.0 Å². The number of fused-ring (bicyclic) bond motifs is 3. The number of benzene rings is 2. The number of ether oxygens (including phenoxy) is 3. The minimum Gasteiger partial charge on any atom is -0.493 e. The van der Waals surface area contributed by atoms with Crippen LogP contribution >= 0.6 is 11.8 Å². The van der Waals surface area contributed by atoms with Crippen LogP contribution in [0.4, 0.5) is 5.69 Å². The SMILES string of the molecule is CCSc1nnc2c(n1)O[C@H](c1cccc(OC)c1OC)Nc1ccccc1-2. The number of rotatable bonds is 5. The van der Waals surface area contributed by atoms with Gasteiger partial charge in [-0.25, -0.2) is 0 Å². The first-order valence-corrected chi connectivity index (χ1v) is 9.84. The van der Waals surface area contributed by atoms with Gasteiger partial charge < -0.3 is 19.5 Å². The Kier molecular flexibility index (Phi) is 5.21. The molecular weight excluding hydrogens is 376 g/mol. The normalized spacial score (nSPS) is 14.8. The molecule has 0 amide bonds. The third-order valence-electron chi connectivity index (χ3n) is 4.32. The summed E-state index contributed by atoms with van der Waals surface area (Å²) < 4.78 is 17.3. The maximum absolute atomic E-state index is 6.28. The Morgan fingerprint density at radius 1 is 1.07 bits per heavy atom. The van der Waals surface area contributed by atoms with Gasteiger partial charge in [0.25, 0.3) is 0 Å². The number of anilines is 1. The molecule has 4 rings (SSSR count). The molecule has 0 radical (unpaired) electrons. The zero-order valence-electron chi connectivity index (χ0n) is 15.8. The molecular formula is C20H20N4O3S. The minimum absolute atomic E-state index is 0.429. The van der Waals surface area contributed by atoms with E-state index in [0.29, 0.717) is 28.2 Å². The smallest absolute Gasteiger partial charge is 0.247 e. The molecule has 0 saturated carbocycles. The van der Waals surface area contributed by atoms with Crippen molar-refractivity contribution < 1.29 is 14.2 Å². The van der Waals surface area contributed by atoms with Gasteiger partial charge in [0.2, 0.25) is 17.3 Å². The number of para-hydroxylation sites is 2. The first-order valence-electron chi connectivity index (χ1n) is 8.86. The van der Waals surface area contributed by atoms with E-state index in [1.165, 1.54) is 11.8 Å². The van der Waals surface area contributed by atoms with E-state index in [1.807, 2.05) is 49.4 Å². The standard InChI is InChI=1S/C20H20N4O3S/c1-4-28-20-22-19-16(23-24-20)12-8-5-6-10-14(12)21-18(27-19)13-9-7-11-15(25-2)17(13)26-3/h5-11,18,21H,4H2,1-3H3/t18-/m1/s1. The van der Waals surface area contributed by atoms with Gasteiger partial charge in [-0.3, -0.25) is 0 Å². The number of thioether (sulfide) groups is 1. The van der Waals surface area contributed by atoms with Crippen molar-refractivity contribution in [1.82, 2.24) is 15.2 Å². The van der Waals surface area contributed by atoms with Crippen molar-refractivity contribution in [3.8, 4) is 28.6 Å². The molecule has 0 fully saturated rings. The number of hydrogen-bond donors (Lipinski definition) is 1. The summed E-state index contributed by atoms with van der Waals surface area (Å²) in [5, 5.41) is 12.6. The predicted octanol–water partition coefficient (Wildman–Crippen LogP) is 4.17. The lowest BCUT2D eigenvalue weighted by molar-refractivity contribution is 0.218. The highest BCUT2D eigenvalue weighted by Crippen LogP contribution is 2.42. The summed E-state index contributed by atoms with van der Waals surface area (Å²) >= 11 is 1.52. The summed E-state index contributed by atoms with van der Waals surface area (Å²) in [5.74, 6) is 2.51. The van der Waals surface area contributed by atoms with E-state index in [0.717, 1.165) is 22.6 Å². The second-order valence-corrected chi connectivity index (χ2v) is 7.18. The van der Waals surface area contributed by atoms with Gasteiger partial charge in [0.1, 0.15) is 0 Å². The largest absolute Gasteiger partial charge is 0.493 e. The Morgan fingerprint density at radius 3 is 2.71 bits per heavy atom. The summed E-state index contributed by atoms with van der Waals surface area (Å²) in [6.45, 7) is 2.04. The van der Waals surface area contributed by atoms with Crippen LogP contribution in [0.5, 0.6) is 17.4 Å². The molecule has 1 aromatic heterocycles. The first kappa shape index (κ1) is 18.4. The molecule has 1 N–H and O–H groups in total. The van der Waals surface area contributed by atoms with Crippen LogP contribution in [0.1, 0.15) is 18.7 Å².